The number of fused-ring (bicyclic) bond motifs is 1. The van der Waals surface area contributed by atoms with Crippen LogP contribution < -0.4 is 15.7 Å². The van der Waals surface area contributed by atoms with Crippen LogP contribution in [0.1, 0.15) is 26.4 Å². The Morgan fingerprint density at radius 3 is 2.50 bits per heavy atom. The highest BCUT2D eigenvalue weighted by Gasteiger charge is 2.18. The molecule has 2 heterocycles. The number of hydrogen-bond acceptors (Lipinski definition) is 6. The number of sulfonamides is 1. The van der Waals surface area contributed by atoms with E-state index in [9.17, 15) is 18.0 Å². The molecule has 32 heavy (non-hydrogen) atoms. The first-order valence-electron chi connectivity index (χ1n) is 9.64. The number of anilines is 1. The number of carbonyl (C=O) groups excluding carboxylic acids is 1. The summed E-state index contributed by atoms with van der Waals surface area (Å²) in [7, 11) is -3.90. The topological polar surface area (TPSA) is 110 Å². The van der Waals surface area contributed by atoms with E-state index in [4.69, 9.17) is 0 Å². The molecule has 1 amide bonds. The van der Waals surface area contributed by atoms with Gasteiger partial charge >= 0.3 is 0 Å². The average Bonchev–Trinajstić information content (AvgIpc) is 3.06. The van der Waals surface area contributed by atoms with Crippen molar-refractivity contribution in [1.82, 2.24) is 9.66 Å². The number of nitrogens with zero attached hydrogens (tertiary/aromatic N) is 2. The summed E-state index contributed by atoms with van der Waals surface area (Å²) in [5, 5.41) is 0.453. The van der Waals surface area contributed by atoms with E-state index in [0.717, 1.165) is 20.7 Å². The molecule has 8 nitrogen and oxygen atoms in total. The molecule has 0 atom stereocenters. The average molecular weight is 469 g/mol. The standard InChI is InChI=1S/C22H20N4O4S2/c1-13-7-9-17(10-8-13)25-32(29,30)18-6-4-5-16(11-18)20(27)24-26-12-23-21-19(22(26)28)14(2)15(3)31-21/h4-12,25H,1-3H3,(H,24,27). The van der Waals surface area contributed by atoms with Crippen molar-refractivity contribution in [3.63, 3.8) is 0 Å². The lowest BCUT2D eigenvalue weighted by Gasteiger charge is -2.11. The fourth-order valence-electron chi connectivity index (χ4n) is 3.13. The number of benzene rings is 2. The van der Waals surface area contributed by atoms with Crippen LogP contribution in [0.15, 0.2) is 64.5 Å². The normalized spacial score (nSPS) is 11.5. The Balaban J connectivity index is 1.61. The highest BCUT2D eigenvalue weighted by molar-refractivity contribution is 7.92. The summed E-state index contributed by atoms with van der Waals surface area (Å²) in [6, 6.07) is 12.5. The van der Waals surface area contributed by atoms with Crippen molar-refractivity contribution < 1.29 is 13.2 Å². The Morgan fingerprint density at radius 1 is 1.06 bits per heavy atom. The van der Waals surface area contributed by atoms with Gasteiger partial charge in [0.1, 0.15) is 11.2 Å². The molecule has 0 saturated heterocycles. The van der Waals surface area contributed by atoms with E-state index in [2.05, 4.69) is 15.1 Å². The van der Waals surface area contributed by atoms with E-state index in [0.29, 0.717) is 15.9 Å². The molecular formula is C22H20N4O4S2. The minimum atomic E-state index is -3.90. The number of carbonyl (C=O) groups is 1. The lowest BCUT2D eigenvalue weighted by molar-refractivity contribution is 0.101. The van der Waals surface area contributed by atoms with Crippen molar-refractivity contribution in [2.45, 2.75) is 25.7 Å². The first-order chi connectivity index (χ1) is 15.2. The van der Waals surface area contributed by atoms with Gasteiger partial charge in [-0.1, -0.05) is 23.8 Å². The zero-order chi connectivity index (χ0) is 23.0. The van der Waals surface area contributed by atoms with Gasteiger partial charge in [-0.05, 0) is 56.7 Å². The van der Waals surface area contributed by atoms with Crippen molar-refractivity contribution in [1.29, 1.82) is 0 Å². The smallest absolute Gasteiger partial charge is 0.280 e. The van der Waals surface area contributed by atoms with Crippen LogP contribution in [0.4, 0.5) is 5.69 Å². The fraction of sp³-hybridized carbons (Fsp3) is 0.136. The third-order valence-electron chi connectivity index (χ3n) is 5.02. The van der Waals surface area contributed by atoms with Gasteiger partial charge in [0.25, 0.3) is 21.5 Å². The summed E-state index contributed by atoms with van der Waals surface area (Å²) in [6.45, 7) is 5.64. The van der Waals surface area contributed by atoms with Crippen LogP contribution in [0.3, 0.4) is 0 Å². The number of hydrogen-bond donors (Lipinski definition) is 2. The van der Waals surface area contributed by atoms with Crippen LogP contribution in [0.25, 0.3) is 10.2 Å². The number of rotatable bonds is 5. The zero-order valence-corrected chi connectivity index (χ0v) is 19.2. The van der Waals surface area contributed by atoms with Gasteiger partial charge in [0, 0.05) is 16.1 Å². The van der Waals surface area contributed by atoms with Gasteiger partial charge in [0.05, 0.1) is 10.3 Å². The monoisotopic (exact) mass is 468 g/mol. The quantitative estimate of drug-likeness (QED) is 0.465. The predicted octanol–water partition coefficient (Wildman–Crippen LogP) is 3.57. The van der Waals surface area contributed by atoms with Gasteiger partial charge in [-0.3, -0.25) is 19.7 Å². The van der Waals surface area contributed by atoms with Gasteiger partial charge < -0.3 is 0 Å². The van der Waals surface area contributed by atoms with Gasteiger partial charge in [0.15, 0.2) is 0 Å². The van der Waals surface area contributed by atoms with Crippen LogP contribution in [0, 0.1) is 20.8 Å². The molecule has 164 valence electrons. The van der Waals surface area contributed by atoms with Gasteiger partial charge in [-0.25, -0.2) is 18.1 Å². The lowest BCUT2D eigenvalue weighted by atomic mass is 10.2. The van der Waals surface area contributed by atoms with E-state index in [-0.39, 0.29) is 10.5 Å². The number of aromatic nitrogens is 2. The van der Waals surface area contributed by atoms with Crippen molar-refractivity contribution in [2.75, 3.05) is 10.1 Å². The van der Waals surface area contributed by atoms with Gasteiger partial charge in [-0.2, -0.15) is 0 Å². The second-order valence-electron chi connectivity index (χ2n) is 7.32. The molecule has 0 unspecified atom stereocenters. The van der Waals surface area contributed by atoms with Crippen LogP contribution in [-0.2, 0) is 10.0 Å². The van der Waals surface area contributed by atoms with Crippen LogP contribution in [0.5, 0.6) is 0 Å². The number of nitrogens with one attached hydrogen (secondary N) is 2. The highest BCUT2D eigenvalue weighted by atomic mass is 32.2. The Kier molecular flexibility index (Phi) is 5.57. The van der Waals surface area contributed by atoms with Crippen LogP contribution in [0.2, 0.25) is 0 Å². The second kappa shape index (κ2) is 8.21. The molecule has 0 aliphatic heterocycles. The summed E-state index contributed by atoms with van der Waals surface area (Å²) >= 11 is 1.41. The molecule has 0 bridgehead atoms. The minimum Gasteiger partial charge on any atom is -0.280 e. The zero-order valence-electron chi connectivity index (χ0n) is 17.5. The van der Waals surface area contributed by atoms with E-state index in [1.54, 1.807) is 24.3 Å². The number of aryl methyl sites for hydroxylation is 3. The third kappa shape index (κ3) is 4.14. The molecule has 2 aromatic carbocycles. The molecular weight excluding hydrogens is 448 g/mol. The van der Waals surface area contributed by atoms with E-state index < -0.39 is 21.5 Å². The van der Waals surface area contributed by atoms with E-state index >= 15 is 0 Å². The van der Waals surface area contributed by atoms with E-state index in [1.165, 1.54) is 41.9 Å². The molecule has 0 spiro atoms. The molecule has 0 aliphatic rings. The summed E-state index contributed by atoms with van der Waals surface area (Å²) in [6.07, 6.45) is 1.25. The Bertz CT molecular complexity index is 1500. The summed E-state index contributed by atoms with van der Waals surface area (Å²) in [4.78, 5) is 31.3. The van der Waals surface area contributed by atoms with Crippen molar-refractivity contribution in [2.24, 2.45) is 0 Å². The fourth-order valence-corrected chi connectivity index (χ4v) is 5.22. The first-order valence-corrected chi connectivity index (χ1v) is 11.9. The molecule has 0 aliphatic carbocycles. The molecule has 2 N–H and O–H groups in total. The SMILES string of the molecule is Cc1ccc(NS(=O)(=O)c2cccc(C(=O)Nn3cnc4sc(C)c(C)c4c3=O)c2)cc1. The molecule has 4 aromatic rings. The molecule has 0 saturated carbocycles. The van der Waals surface area contributed by atoms with Crippen LogP contribution in [-0.4, -0.2) is 24.0 Å². The number of amides is 1. The van der Waals surface area contributed by atoms with Crippen molar-refractivity contribution in [3.8, 4) is 0 Å². The van der Waals surface area contributed by atoms with Crippen molar-refractivity contribution >= 4 is 43.2 Å². The molecule has 0 fully saturated rings. The van der Waals surface area contributed by atoms with Crippen molar-refractivity contribution in [3.05, 3.63) is 86.8 Å². The molecule has 0 radical (unpaired) electrons. The predicted molar refractivity (Wildman–Crippen MR) is 125 cm³/mol. The largest absolute Gasteiger partial charge is 0.281 e. The highest BCUT2D eigenvalue weighted by Crippen LogP contribution is 2.25. The Morgan fingerprint density at radius 2 is 1.78 bits per heavy atom. The first kappa shape index (κ1) is 21.7. The summed E-state index contributed by atoms with van der Waals surface area (Å²) in [5.74, 6) is -0.634. The minimum absolute atomic E-state index is 0.0732. The summed E-state index contributed by atoms with van der Waals surface area (Å²) < 4.78 is 29.0. The molecule has 2 aromatic heterocycles. The number of thiophene rings is 1. The maximum Gasteiger partial charge on any atom is 0.281 e. The van der Waals surface area contributed by atoms with Gasteiger partial charge in [-0.15, -0.1) is 11.3 Å². The lowest BCUT2D eigenvalue weighted by Crippen LogP contribution is -2.33. The second-order valence-corrected chi connectivity index (χ2v) is 10.2. The third-order valence-corrected chi connectivity index (χ3v) is 7.52. The van der Waals surface area contributed by atoms with Crippen LogP contribution >= 0.6 is 11.3 Å². The maximum atomic E-state index is 12.8. The Hall–Kier alpha value is -3.50. The maximum absolute atomic E-state index is 12.8. The van der Waals surface area contributed by atoms with E-state index in [1.807, 2.05) is 20.8 Å². The Labute approximate surface area is 188 Å². The molecule has 4 rings (SSSR count). The van der Waals surface area contributed by atoms with Gasteiger partial charge in [0.2, 0.25) is 0 Å². The summed E-state index contributed by atoms with van der Waals surface area (Å²) in [5.41, 5.74) is 4.41. The molecule has 10 heteroatoms.